The number of nitrogens with one attached hydrogen (secondary N) is 2. The largest absolute Gasteiger partial charge is 0.370 e. The van der Waals surface area contributed by atoms with Gasteiger partial charge in [-0.3, -0.25) is 9.89 Å². The van der Waals surface area contributed by atoms with Crippen molar-refractivity contribution in [2.75, 3.05) is 23.3 Å². The van der Waals surface area contributed by atoms with Crippen LogP contribution in [0.3, 0.4) is 0 Å². The number of benzene rings is 1. The minimum atomic E-state index is -0.255. The normalized spacial score (nSPS) is 14.0. The van der Waals surface area contributed by atoms with Gasteiger partial charge in [-0.1, -0.05) is 13.8 Å². The number of carbonyl (C=O) groups is 1. The molecule has 0 bridgehead atoms. The van der Waals surface area contributed by atoms with E-state index >= 15 is 0 Å². The molecule has 0 unspecified atom stereocenters. The fourth-order valence-corrected chi connectivity index (χ4v) is 3.28. The Morgan fingerprint density at radius 1 is 1.36 bits per heavy atom. The molecule has 0 spiro atoms. The molecule has 2 N–H and O–H groups in total. The smallest absolute Gasteiger partial charge is 0.256 e. The number of nitrogens with zero attached hydrogens (tertiary/aromatic N) is 3. The van der Waals surface area contributed by atoms with Crippen LogP contribution in [-0.2, 0) is 0 Å². The predicted molar refractivity (Wildman–Crippen MR) is 98.0 cm³/mol. The average Bonchev–Trinajstić information content (AvgIpc) is 3.25. The molecule has 1 fully saturated rings. The van der Waals surface area contributed by atoms with Gasteiger partial charge in [0.1, 0.15) is 6.07 Å². The standard InChI is InChI=1S/C19H23N5O/c1-12(2)17-13(3)18(23-22-17)21-19(25)14-6-7-16(15(10-14)11-20)24-8-4-5-9-24/h6-7,10,12H,4-5,8-9H2,1-3H3,(H2,21,22,23,25). The van der Waals surface area contributed by atoms with Crippen molar-refractivity contribution in [3.63, 3.8) is 0 Å². The summed E-state index contributed by atoms with van der Waals surface area (Å²) in [5, 5.41) is 19.5. The number of hydrogen-bond acceptors (Lipinski definition) is 4. The van der Waals surface area contributed by atoms with Gasteiger partial charge >= 0.3 is 0 Å². The van der Waals surface area contributed by atoms with Crippen LogP contribution < -0.4 is 10.2 Å². The molecule has 1 aliphatic rings. The summed E-state index contributed by atoms with van der Waals surface area (Å²) in [6.45, 7) is 8.01. The molecule has 1 saturated heterocycles. The topological polar surface area (TPSA) is 84.8 Å². The third kappa shape index (κ3) is 3.36. The zero-order valence-corrected chi connectivity index (χ0v) is 14.9. The Balaban J connectivity index is 1.82. The SMILES string of the molecule is Cc1c(NC(=O)c2ccc(N3CCCC3)c(C#N)c2)n[nH]c1C(C)C. The van der Waals surface area contributed by atoms with Crippen LogP contribution in [0.4, 0.5) is 11.5 Å². The van der Waals surface area contributed by atoms with Crippen molar-refractivity contribution in [3.05, 3.63) is 40.6 Å². The first kappa shape index (κ1) is 17.0. The zero-order valence-electron chi connectivity index (χ0n) is 14.9. The van der Waals surface area contributed by atoms with E-state index in [0.29, 0.717) is 22.9 Å². The molecule has 6 nitrogen and oxygen atoms in total. The number of anilines is 2. The van der Waals surface area contributed by atoms with Gasteiger partial charge in [-0.2, -0.15) is 10.4 Å². The van der Waals surface area contributed by atoms with Crippen LogP contribution in [-0.4, -0.2) is 29.2 Å². The summed E-state index contributed by atoms with van der Waals surface area (Å²) in [5.41, 5.74) is 3.87. The first-order valence-corrected chi connectivity index (χ1v) is 8.66. The lowest BCUT2D eigenvalue weighted by molar-refractivity contribution is 0.102. The molecule has 1 aliphatic heterocycles. The lowest BCUT2D eigenvalue weighted by Crippen LogP contribution is -2.19. The molecular weight excluding hydrogens is 314 g/mol. The van der Waals surface area contributed by atoms with Crippen molar-refractivity contribution in [1.29, 1.82) is 5.26 Å². The Morgan fingerprint density at radius 2 is 2.08 bits per heavy atom. The van der Waals surface area contributed by atoms with Crippen LogP contribution in [0, 0.1) is 18.3 Å². The highest BCUT2D eigenvalue weighted by atomic mass is 16.1. The predicted octanol–water partition coefficient (Wildman–Crippen LogP) is 3.57. The number of nitriles is 1. The molecule has 2 heterocycles. The molecular formula is C19H23N5O. The van der Waals surface area contributed by atoms with Gasteiger partial charge in [-0.05, 0) is 43.9 Å². The molecule has 6 heteroatoms. The highest BCUT2D eigenvalue weighted by Gasteiger charge is 2.19. The summed E-state index contributed by atoms with van der Waals surface area (Å²) < 4.78 is 0. The lowest BCUT2D eigenvalue weighted by atomic mass is 10.1. The van der Waals surface area contributed by atoms with Crippen molar-refractivity contribution in [2.45, 2.75) is 39.5 Å². The summed E-state index contributed by atoms with van der Waals surface area (Å²) in [7, 11) is 0. The van der Waals surface area contributed by atoms with Crippen LogP contribution in [0.1, 0.15) is 59.8 Å². The van der Waals surface area contributed by atoms with Crippen LogP contribution in [0.25, 0.3) is 0 Å². The second-order valence-electron chi connectivity index (χ2n) is 6.76. The molecule has 1 aromatic carbocycles. The summed E-state index contributed by atoms with van der Waals surface area (Å²) in [5.74, 6) is 0.591. The number of hydrogen-bond donors (Lipinski definition) is 2. The molecule has 0 aliphatic carbocycles. The number of H-pyrrole nitrogens is 1. The molecule has 2 aromatic rings. The number of aromatic amines is 1. The molecule has 1 aromatic heterocycles. The molecule has 0 atom stereocenters. The summed E-state index contributed by atoms with van der Waals surface area (Å²) in [4.78, 5) is 14.8. The van der Waals surface area contributed by atoms with Gasteiger partial charge in [0.05, 0.1) is 11.3 Å². The molecule has 130 valence electrons. The maximum atomic E-state index is 12.6. The number of rotatable bonds is 4. The van der Waals surface area contributed by atoms with Crippen molar-refractivity contribution in [3.8, 4) is 6.07 Å². The molecule has 1 amide bonds. The minimum Gasteiger partial charge on any atom is -0.370 e. The average molecular weight is 337 g/mol. The first-order chi connectivity index (χ1) is 12.0. The minimum absolute atomic E-state index is 0.255. The van der Waals surface area contributed by atoms with E-state index in [1.165, 1.54) is 0 Å². The van der Waals surface area contributed by atoms with Crippen molar-refractivity contribution >= 4 is 17.4 Å². The van der Waals surface area contributed by atoms with Crippen LogP contribution in [0.15, 0.2) is 18.2 Å². The van der Waals surface area contributed by atoms with E-state index < -0.39 is 0 Å². The summed E-state index contributed by atoms with van der Waals surface area (Å²) >= 11 is 0. The van der Waals surface area contributed by atoms with E-state index in [9.17, 15) is 10.1 Å². The Labute approximate surface area is 147 Å². The van der Waals surface area contributed by atoms with Crippen molar-refractivity contribution in [1.82, 2.24) is 10.2 Å². The van der Waals surface area contributed by atoms with Crippen LogP contribution in [0.5, 0.6) is 0 Å². The van der Waals surface area contributed by atoms with E-state index in [2.05, 4.69) is 40.3 Å². The zero-order chi connectivity index (χ0) is 18.0. The monoisotopic (exact) mass is 337 g/mol. The first-order valence-electron chi connectivity index (χ1n) is 8.66. The number of amides is 1. The quantitative estimate of drug-likeness (QED) is 0.893. The fraction of sp³-hybridized carbons (Fsp3) is 0.421. The number of aromatic nitrogens is 2. The maximum Gasteiger partial charge on any atom is 0.256 e. The second kappa shape index (κ2) is 6.98. The molecule has 3 rings (SSSR count). The van der Waals surface area contributed by atoms with Gasteiger partial charge < -0.3 is 10.2 Å². The van der Waals surface area contributed by atoms with Gasteiger partial charge in [0.2, 0.25) is 0 Å². The third-order valence-electron chi connectivity index (χ3n) is 4.68. The second-order valence-corrected chi connectivity index (χ2v) is 6.76. The Kier molecular flexibility index (Phi) is 4.75. The number of carbonyl (C=O) groups excluding carboxylic acids is 1. The van der Waals surface area contributed by atoms with E-state index in [4.69, 9.17) is 0 Å². The van der Waals surface area contributed by atoms with Gasteiger partial charge in [-0.15, -0.1) is 0 Å². The van der Waals surface area contributed by atoms with E-state index in [1.807, 2.05) is 13.0 Å². The summed E-state index contributed by atoms with van der Waals surface area (Å²) in [6.07, 6.45) is 2.29. The Bertz CT molecular complexity index is 825. The summed E-state index contributed by atoms with van der Waals surface area (Å²) in [6, 6.07) is 7.52. The van der Waals surface area contributed by atoms with Crippen molar-refractivity contribution < 1.29 is 4.79 Å². The fourth-order valence-electron chi connectivity index (χ4n) is 3.28. The Hall–Kier alpha value is -2.81. The maximum absolute atomic E-state index is 12.6. The van der Waals surface area contributed by atoms with Crippen molar-refractivity contribution in [2.24, 2.45) is 0 Å². The third-order valence-corrected chi connectivity index (χ3v) is 4.68. The lowest BCUT2D eigenvalue weighted by Gasteiger charge is -2.19. The molecule has 0 saturated carbocycles. The van der Waals surface area contributed by atoms with Crippen LogP contribution in [0.2, 0.25) is 0 Å². The highest BCUT2D eigenvalue weighted by Crippen LogP contribution is 2.26. The molecule has 0 radical (unpaired) electrons. The van der Waals surface area contributed by atoms with Gasteiger partial charge in [0, 0.05) is 29.9 Å². The highest BCUT2D eigenvalue weighted by molar-refractivity contribution is 6.04. The van der Waals surface area contributed by atoms with E-state index in [0.717, 1.165) is 42.9 Å². The van der Waals surface area contributed by atoms with Gasteiger partial charge in [0.15, 0.2) is 5.82 Å². The van der Waals surface area contributed by atoms with E-state index in [-0.39, 0.29) is 5.91 Å². The molecule has 25 heavy (non-hydrogen) atoms. The van der Waals surface area contributed by atoms with E-state index in [1.54, 1.807) is 12.1 Å². The van der Waals surface area contributed by atoms with Gasteiger partial charge in [0.25, 0.3) is 5.91 Å². The van der Waals surface area contributed by atoms with Gasteiger partial charge in [-0.25, -0.2) is 0 Å². The van der Waals surface area contributed by atoms with Crippen LogP contribution >= 0.6 is 0 Å². The Morgan fingerprint density at radius 3 is 2.68 bits per heavy atom.